The van der Waals surface area contributed by atoms with Crippen LogP contribution in [0, 0.1) is 0 Å². The first kappa shape index (κ1) is 14.8. The van der Waals surface area contributed by atoms with Crippen LogP contribution in [0.5, 0.6) is 0 Å². The van der Waals surface area contributed by atoms with E-state index >= 15 is 0 Å². The zero-order valence-electron chi connectivity index (χ0n) is 12.4. The van der Waals surface area contributed by atoms with Crippen LogP contribution in [0.2, 0.25) is 0 Å². The van der Waals surface area contributed by atoms with Gasteiger partial charge in [-0.15, -0.1) is 0 Å². The van der Waals surface area contributed by atoms with Gasteiger partial charge in [-0.25, -0.2) is 0 Å². The van der Waals surface area contributed by atoms with Gasteiger partial charge in [-0.1, -0.05) is 37.3 Å². The number of carbonyl (C=O) groups is 1. The van der Waals surface area contributed by atoms with Crippen molar-refractivity contribution in [2.24, 2.45) is 0 Å². The van der Waals surface area contributed by atoms with E-state index in [-0.39, 0.29) is 5.91 Å². The third kappa shape index (κ3) is 3.70. The van der Waals surface area contributed by atoms with Gasteiger partial charge in [-0.3, -0.25) is 4.79 Å². The van der Waals surface area contributed by atoms with Gasteiger partial charge in [0.2, 0.25) is 5.91 Å². The maximum atomic E-state index is 11.6. The molecule has 0 saturated heterocycles. The molecular weight excluding hydrogens is 250 g/mol. The normalized spacial score (nSPS) is 15.6. The van der Waals surface area contributed by atoms with Gasteiger partial charge in [0.25, 0.3) is 0 Å². The fourth-order valence-corrected chi connectivity index (χ4v) is 2.51. The maximum absolute atomic E-state index is 11.6. The van der Waals surface area contributed by atoms with Crippen molar-refractivity contribution in [3.63, 3.8) is 0 Å². The first-order chi connectivity index (χ1) is 9.72. The molecule has 0 radical (unpaired) electrons. The minimum Gasteiger partial charge on any atom is -0.377 e. The molecule has 1 aromatic carbocycles. The van der Waals surface area contributed by atoms with Crippen LogP contribution in [0.15, 0.2) is 35.9 Å². The topological polar surface area (TPSA) is 29.5 Å². The van der Waals surface area contributed by atoms with Crippen LogP contribution in [-0.4, -0.2) is 37.1 Å². The predicted molar refractivity (Wildman–Crippen MR) is 81.3 cm³/mol. The van der Waals surface area contributed by atoms with Crippen molar-refractivity contribution in [2.75, 3.05) is 26.3 Å². The minimum absolute atomic E-state index is 0.145. The van der Waals surface area contributed by atoms with Gasteiger partial charge in [0.1, 0.15) is 0 Å². The molecule has 1 aromatic rings. The monoisotopic (exact) mass is 273 g/mol. The second-order valence-electron chi connectivity index (χ2n) is 5.19. The minimum atomic E-state index is 0.145. The summed E-state index contributed by atoms with van der Waals surface area (Å²) in [5.74, 6) is 0.145. The van der Waals surface area contributed by atoms with Gasteiger partial charge in [0.05, 0.1) is 6.61 Å². The molecule has 0 fully saturated rings. The maximum Gasteiger partial charge on any atom is 0.219 e. The van der Waals surface area contributed by atoms with Crippen molar-refractivity contribution in [2.45, 2.75) is 26.7 Å². The number of hydrogen-bond acceptors (Lipinski definition) is 2. The summed E-state index contributed by atoms with van der Waals surface area (Å²) >= 11 is 0. The zero-order chi connectivity index (χ0) is 14.4. The van der Waals surface area contributed by atoms with E-state index < -0.39 is 0 Å². The fraction of sp³-hybridized carbons (Fsp3) is 0.471. The standard InChI is InChI=1S/C17H23NO2/c1-3-11-20-13-16-9-10-18(14(2)19)12-17(16)15-7-5-4-6-8-15/h4-8H,3,9-13H2,1-2H3. The van der Waals surface area contributed by atoms with Crippen LogP contribution in [0.3, 0.4) is 0 Å². The Hall–Kier alpha value is -1.61. The Balaban J connectivity index is 2.22. The molecule has 0 atom stereocenters. The molecule has 3 heteroatoms. The highest BCUT2D eigenvalue weighted by Gasteiger charge is 2.21. The first-order valence-corrected chi connectivity index (χ1v) is 7.32. The molecule has 1 aliphatic rings. The largest absolute Gasteiger partial charge is 0.377 e. The first-order valence-electron chi connectivity index (χ1n) is 7.32. The lowest BCUT2D eigenvalue weighted by Gasteiger charge is -2.30. The van der Waals surface area contributed by atoms with E-state index in [0.717, 1.165) is 26.0 Å². The quantitative estimate of drug-likeness (QED) is 0.771. The van der Waals surface area contributed by atoms with Crippen molar-refractivity contribution >= 4 is 11.5 Å². The molecule has 2 rings (SSSR count). The van der Waals surface area contributed by atoms with Crippen molar-refractivity contribution < 1.29 is 9.53 Å². The highest BCUT2D eigenvalue weighted by Crippen LogP contribution is 2.27. The smallest absolute Gasteiger partial charge is 0.219 e. The molecular formula is C17H23NO2. The van der Waals surface area contributed by atoms with Crippen molar-refractivity contribution in [3.8, 4) is 0 Å². The number of amides is 1. The van der Waals surface area contributed by atoms with Crippen LogP contribution in [0.25, 0.3) is 5.57 Å². The van der Waals surface area contributed by atoms with E-state index in [0.29, 0.717) is 13.2 Å². The average Bonchev–Trinajstić information content (AvgIpc) is 2.48. The second-order valence-corrected chi connectivity index (χ2v) is 5.19. The van der Waals surface area contributed by atoms with Gasteiger partial charge in [0.15, 0.2) is 0 Å². The molecule has 0 aromatic heterocycles. The van der Waals surface area contributed by atoms with E-state index in [9.17, 15) is 4.79 Å². The van der Waals surface area contributed by atoms with Crippen LogP contribution in [0.4, 0.5) is 0 Å². The van der Waals surface area contributed by atoms with Crippen molar-refractivity contribution in [1.29, 1.82) is 0 Å². The van der Waals surface area contributed by atoms with Crippen LogP contribution in [-0.2, 0) is 9.53 Å². The Morgan fingerprint density at radius 3 is 2.70 bits per heavy atom. The van der Waals surface area contributed by atoms with Crippen LogP contribution < -0.4 is 0 Å². The van der Waals surface area contributed by atoms with Gasteiger partial charge >= 0.3 is 0 Å². The van der Waals surface area contributed by atoms with Gasteiger partial charge in [-0.2, -0.15) is 0 Å². The number of hydrogen-bond donors (Lipinski definition) is 0. The molecule has 0 aliphatic carbocycles. The summed E-state index contributed by atoms with van der Waals surface area (Å²) in [6, 6.07) is 10.3. The molecule has 0 bridgehead atoms. The highest BCUT2D eigenvalue weighted by molar-refractivity contribution is 5.79. The SMILES string of the molecule is CCCOCC1=C(c2ccccc2)CN(C(C)=O)CC1. The molecule has 0 N–H and O–H groups in total. The molecule has 1 heterocycles. The van der Waals surface area contributed by atoms with Crippen molar-refractivity contribution in [3.05, 3.63) is 41.5 Å². The Labute approximate surface area is 121 Å². The summed E-state index contributed by atoms with van der Waals surface area (Å²) < 4.78 is 5.71. The fourth-order valence-electron chi connectivity index (χ4n) is 2.51. The Morgan fingerprint density at radius 1 is 1.30 bits per heavy atom. The van der Waals surface area contributed by atoms with Gasteiger partial charge in [0, 0.05) is 26.6 Å². The lowest BCUT2D eigenvalue weighted by atomic mass is 9.94. The molecule has 3 nitrogen and oxygen atoms in total. The zero-order valence-corrected chi connectivity index (χ0v) is 12.4. The lowest BCUT2D eigenvalue weighted by molar-refractivity contribution is -0.128. The van der Waals surface area contributed by atoms with Gasteiger partial charge in [-0.05, 0) is 29.6 Å². The van der Waals surface area contributed by atoms with E-state index in [4.69, 9.17) is 4.74 Å². The van der Waals surface area contributed by atoms with E-state index in [2.05, 4.69) is 19.1 Å². The van der Waals surface area contributed by atoms with Gasteiger partial charge < -0.3 is 9.64 Å². The van der Waals surface area contributed by atoms with Crippen LogP contribution >= 0.6 is 0 Å². The Morgan fingerprint density at radius 2 is 2.05 bits per heavy atom. The number of carbonyl (C=O) groups excluding carboxylic acids is 1. The van der Waals surface area contributed by atoms with E-state index in [1.807, 2.05) is 23.1 Å². The number of ether oxygens (including phenoxy) is 1. The lowest BCUT2D eigenvalue weighted by Crippen LogP contribution is -2.35. The molecule has 1 aliphatic heterocycles. The highest BCUT2D eigenvalue weighted by atomic mass is 16.5. The molecule has 20 heavy (non-hydrogen) atoms. The molecule has 1 amide bonds. The second kappa shape index (κ2) is 7.25. The van der Waals surface area contributed by atoms with Crippen molar-refractivity contribution in [1.82, 2.24) is 4.90 Å². The third-order valence-electron chi connectivity index (χ3n) is 3.65. The van der Waals surface area contributed by atoms with E-state index in [1.165, 1.54) is 16.7 Å². The summed E-state index contributed by atoms with van der Waals surface area (Å²) in [6.45, 7) is 6.73. The average molecular weight is 273 g/mol. The third-order valence-corrected chi connectivity index (χ3v) is 3.65. The predicted octanol–water partition coefficient (Wildman–Crippen LogP) is 3.12. The number of rotatable bonds is 5. The van der Waals surface area contributed by atoms with E-state index in [1.54, 1.807) is 6.92 Å². The molecule has 108 valence electrons. The number of nitrogens with zero attached hydrogens (tertiary/aromatic N) is 1. The summed E-state index contributed by atoms with van der Waals surface area (Å²) in [4.78, 5) is 13.5. The summed E-state index contributed by atoms with van der Waals surface area (Å²) in [5.41, 5.74) is 3.79. The number of benzene rings is 1. The molecule has 0 saturated carbocycles. The molecule has 0 unspecified atom stereocenters. The Bertz CT molecular complexity index is 479. The summed E-state index contributed by atoms with van der Waals surface area (Å²) in [7, 11) is 0. The van der Waals surface area contributed by atoms with Crippen LogP contribution in [0.1, 0.15) is 32.3 Å². The summed E-state index contributed by atoms with van der Waals surface area (Å²) in [6.07, 6.45) is 1.95. The Kier molecular flexibility index (Phi) is 5.36. The molecule has 0 spiro atoms. The summed E-state index contributed by atoms with van der Waals surface area (Å²) in [5, 5.41) is 0.